The lowest BCUT2D eigenvalue weighted by atomic mass is 9.45. The summed E-state index contributed by atoms with van der Waals surface area (Å²) in [5.41, 5.74) is 0.457. The first-order chi connectivity index (χ1) is 17.4. The molecular weight excluding hydrogens is 504 g/mol. The molecule has 5 rings (SSSR count). The second kappa shape index (κ2) is 9.53. The average Bonchev–Trinajstić information content (AvgIpc) is 3.34. The summed E-state index contributed by atoms with van der Waals surface area (Å²) in [5, 5.41) is 0.308. The van der Waals surface area contributed by atoms with Gasteiger partial charge in [-0.2, -0.15) is 0 Å². The van der Waals surface area contributed by atoms with Crippen molar-refractivity contribution in [2.75, 3.05) is 0 Å². The van der Waals surface area contributed by atoms with Crippen LogP contribution in [0.4, 0.5) is 0 Å². The summed E-state index contributed by atoms with van der Waals surface area (Å²) >= 11 is 2.64. The van der Waals surface area contributed by atoms with E-state index in [2.05, 4.69) is 27.7 Å². The summed E-state index contributed by atoms with van der Waals surface area (Å²) in [6, 6.07) is 0. The third kappa shape index (κ3) is 3.87. The molecule has 37 heavy (non-hydrogen) atoms. The van der Waals surface area contributed by atoms with Gasteiger partial charge in [-0.25, -0.2) is 0 Å². The predicted molar refractivity (Wildman–Crippen MR) is 148 cm³/mol. The Morgan fingerprint density at radius 3 is 2.32 bits per heavy atom. The number of esters is 1. The smallest absolute Gasteiger partial charge is 0.306 e. The van der Waals surface area contributed by atoms with Crippen LogP contribution in [0.3, 0.4) is 0 Å². The van der Waals surface area contributed by atoms with Gasteiger partial charge in [-0.05, 0) is 84.4 Å². The molecule has 9 atom stereocenters. The molecular formula is C30H42O5S2. The number of thioether (sulfide) groups is 2. The molecule has 0 amide bonds. The number of hydrogen-bond acceptors (Lipinski definition) is 7. The van der Waals surface area contributed by atoms with Crippen LogP contribution < -0.4 is 0 Å². The van der Waals surface area contributed by atoms with Crippen molar-refractivity contribution in [2.45, 2.75) is 110 Å². The second-order valence-corrected chi connectivity index (χ2v) is 15.1. The molecule has 4 aliphatic carbocycles. The molecule has 0 aromatic rings. The van der Waals surface area contributed by atoms with E-state index in [0.717, 1.165) is 43.0 Å². The van der Waals surface area contributed by atoms with E-state index in [4.69, 9.17) is 4.74 Å². The van der Waals surface area contributed by atoms with Crippen LogP contribution in [-0.2, 0) is 23.9 Å². The lowest BCUT2D eigenvalue weighted by molar-refractivity contribution is -0.173. The average molecular weight is 547 g/mol. The summed E-state index contributed by atoms with van der Waals surface area (Å²) in [7, 11) is 0. The standard InChI is InChI=1S/C30H42O5S2/c1-7-23(33)36-21-15-19-27(37-24(34)8-2)20(31)10-12-28(19,5)18-9-13-29(6)26(25(18)21)16(3)17(4)30(29)14-11-22(32)35-30/h16-18,21,25-26H,7-15H2,1-6H3/t16-,17+,18?,21+,25?,26?,28+,29-,30-/m0/s1. The number of carbonyl (C=O) groups excluding carboxylic acids is 4. The largest absolute Gasteiger partial charge is 0.458 e. The van der Waals surface area contributed by atoms with Gasteiger partial charge >= 0.3 is 5.97 Å². The molecule has 0 radical (unpaired) electrons. The third-order valence-electron chi connectivity index (χ3n) is 11.5. The van der Waals surface area contributed by atoms with Crippen molar-refractivity contribution in [3.8, 4) is 0 Å². The molecule has 0 aromatic carbocycles. The number of hydrogen-bond donors (Lipinski definition) is 0. The van der Waals surface area contributed by atoms with E-state index in [9.17, 15) is 19.2 Å². The zero-order chi connectivity index (χ0) is 26.9. The molecule has 3 saturated carbocycles. The maximum Gasteiger partial charge on any atom is 0.306 e. The van der Waals surface area contributed by atoms with Crippen molar-refractivity contribution in [3.05, 3.63) is 10.5 Å². The van der Waals surface area contributed by atoms with E-state index < -0.39 is 5.60 Å². The highest BCUT2D eigenvalue weighted by Crippen LogP contribution is 2.73. The fourth-order valence-electron chi connectivity index (χ4n) is 9.53. The van der Waals surface area contributed by atoms with E-state index in [1.165, 1.54) is 11.8 Å². The van der Waals surface area contributed by atoms with Crippen molar-refractivity contribution < 1.29 is 23.9 Å². The van der Waals surface area contributed by atoms with Gasteiger partial charge < -0.3 is 4.74 Å². The van der Waals surface area contributed by atoms with Crippen LogP contribution in [0.2, 0.25) is 0 Å². The monoisotopic (exact) mass is 546 g/mol. The SMILES string of the molecule is CCC(=O)SC1=C2C[C@@H](SC(=O)CC)C3C(CC[C@@]4(C)C3[C@@H](C)[C@@H](C)[C@@]43CCC(=O)O3)[C@@]2(C)CCC1=O. The van der Waals surface area contributed by atoms with Gasteiger partial charge in [-0.15, -0.1) is 0 Å². The van der Waals surface area contributed by atoms with E-state index in [-0.39, 0.29) is 44.0 Å². The maximum atomic E-state index is 13.2. The minimum atomic E-state index is -0.419. The van der Waals surface area contributed by atoms with Gasteiger partial charge in [0.2, 0.25) is 0 Å². The highest BCUT2D eigenvalue weighted by molar-refractivity contribution is 8.17. The molecule has 7 heteroatoms. The van der Waals surface area contributed by atoms with E-state index in [0.29, 0.717) is 60.7 Å². The lowest BCUT2D eigenvalue weighted by Crippen LogP contribution is -2.59. The minimum absolute atomic E-state index is 0.0375. The zero-order valence-corrected chi connectivity index (χ0v) is 24.8. The Balaban J connectivity index is 1.63. The van der Waals surface area contributed by atoms with Gasteiger partial charge in [0, 0.05) is 36.3 Å². The summed E-state index contributed by atoms with van der Waals surface area (Å²) in [5.74, 6) is 1.68. The number of allylic oxidation sites excluding steroid dienone is 1. The first kappa shape index (κ1) is 27.5. The Labute approximate surface area is 230 Å². The fraction of sp³-hybridized carbons (Fsp3) is 0.800. The van der Waals surface area contributed by atoms with Crippen molar-refractivity contribution in [2.24, 2.45) is 40.4 Å². The Hall–Kier alpha value is -1.08. The molecule has 1 spiro atoms. The van der Waals surface area contributed by atoms with Gasteiger partial charge in [0.1, 0.15) is 5.60 Å². The van der Waals surface area contributed by atoms with Gasteiger partial charge in [-0.1, -0.05) is 53.3 Å². The van der Waals surface area contributed by atoms with Gasteiger partial charge in [0.05, 0.1) is 4.91 Å². The van der Waals surface area contributed by atoms with Crippen molar-refractivity contribution >= 4 is 45.5 Å². The van der Waals surface area contributed by atoms with Crippen LogP contribution in [0.1, 0.15) is 99.3 Å². The maximum absolute atomic E-state index is 13.2. The Morgan fingerprint density at radius 1 is 1.00 bits per heavy atom. The molecule has 0 aromatic heterocycles. The molecule has 1 aliphatic heterocycles. The quantitative estimate of drug-likeness (QED) is 0.362. The van der Waals surface area contributed by atoms with Crippen LogP contribution in [0.25, 0.3) is 0 Å². The van der Waals surface area contributed by atoms with Crippen molar-refractivity contribution in [1.82, 2.24) is 0 Å². The molecule has 0 bridgehead atoms. The summed E-state index contributed by atoms with van der Waals surface area (Å²) in [6.07, 6.45) is 6.18. The third-order valence-corrected chi connectivity index (χ3v) is 14.0. The number of rotatable bonds is 4. The van der Waals surface area contributed by atoms with E-state index in [1.54, 1.807) is 0 Å². The summed E-state index contributed by atoms with van der Waals surface area (Å²) < 4.78 is 6.29. The van der Waals surface area contributed by atoms with Crippen molar-refractivity contribution in [1.29, 1.82) is 0 Å². The van der Waals surface area contributed by atoms with Crippen LogP contribution >= 0.6 is 23.5 Å². The Kier molecular flexibility index (Phi) is 7.08. The lowest BCUT2D eigenvalue weighted by Gasteiger charge is -2.61. The van der Waals surface area contributed by atoms with Crippen LogP contribution in [-0.4, -0.2) is 32.8 Å². The molecule has 0 N–H and O–H groups in total. The minimum Gasteiger partial charge on any atom is -0.458 e. The molecule has 5 nitrogen and oxygen atoms in total. The Morgan fingerprint density at radius 2 is 1.70 bits per heavy atom. The fourth-order valence-corrected chi connectivity index (χ4v) is 11.8. The first-order valence-electron chi connectivity index (χ1n) is 14.3. The summed E-state index contributed by atoms with van der Waals surface area (Å²) in [4.78, 5) is 51.8. The number of fused-ring (bicyclic) bond motifs is 6. The molecule has 5 aliphatic rings. The van der Waals surface area contributed by atoms with Crippen LogP contribution in [0, 0.1) is 40.4 Å². The van der Waals surface area contributed by atoms with Gasteiger partial charge in [-0.3, -0.25) is 19.2 Å². The highest BCUT2D eigenvalue weighted by atomic mass is 32.2. The zero-order valence-electron chi connectivity index (χ0n) is 23.2. The number of ketones is 1. The number of carbonyl (C=O) groups is 4. The van der Waals surface area contributed by atoms with E-state index in [1.807, 2.05) is 13.8 Å². The highest BCUT2D eigenvalue weighted by Gasteiger charge is 2.73. The van der Waals surface area contributed by atoms with Gasteiger partial charge in [0.25, 0.3) is 0 Å². The molecule has 1 heterocycles. The van der Waals surface area contributed by atoms with Gasteiger partial charge in [0.15, 0.2) is 16.0 Å². The topological polar surface area (TPSA) is 77.5 Å². The van der Waals surface area contributed by atoms with E-state index >= 15 is 0 Å². The number of ether oxygens (including phenoxy) is 1. The second-order valence-electron chi connectivity index (χ2n) is 12.7. The molecule has 4 fully saturated rings. The Bertz CT molecular complexity index is 1070. The van der Waals surface area contributed by atoms with Crippen LogP contribution in [0.15, 0.2) is 10.5 Å². The normalized spacial score (nSPS) is 44.9. The van der Waals surface area contributed by atoms with Crippen molar-refractivity contribution in [3.63, 3.8) is 0 Å². The predicted octanol–water partition coefficient (Wildman–Crippen LogP) is 6.73. The molecule has 3 unspecified atom stereocenters. The van der Waals surface area contributed by atoms with Crippen LogP contribution in [0.5, 0.6) is 0 Å². The molecule has 204 valence electrons. The number of Topliss-reactive ketones (excluding diaryl/α,β-unsaturated/α-hetero) is 1. The molecule has 1 saturated heterocycles. The summed E-state index contributed by atoms with van der Waals surface area (Å²) in [6.45, 7) is 13.1. The first-order valence-corrected chi connectivity index (χ1v) is 16.0.